The molecule has 1 atom stereocenters. The van der Waals surface area contributed by atoms with Crippen LogP contribution in [0.3, 0.4) is 0 Å². The number of aliphatic hydroxyl groups excluding tert-OH is 1. The first-order chi connectivity index (χ1) is 19.9. The van der Waals surface area contributed by atoms with E-state index in [1.54, 1.807) is 25.7 Å². The zero-order valence-electron chi connectivity index (χ0n) is 22.8. The molecule has 4 aromatic heterocycles. The molecular formula is C29H28BN7O4. The molecule has 41 heavy (non-hydrogen) atoms. The Morgan fingerprint density at radius 1 is 1.02 bits per heavy atom. The molecule has 5 heterocycles. The summed E-state index contributed by atoms with van der Waals surface area (Å²) < 4.78 is 17.1. The van der Waals surface area contributed by atoms with E-state index in [4.69, 9.17) is 18.8 Å². The van der Waals surface area contributed by atoms with Crippen LogP contribution >= 0.6 is 0 Å². The van der Waals surface area contributed by atoms with Gasteiger partial charge in [0.05, 0.1) is 35.2 Å². The van der Waals surface area contributed by atoms with Crippen LogP contribution in [0.4, 0.5) is 17.3 Å². The highest BCUT2D eigenvalue weighted by molar-refractivity contribution is 6.63. The average Bonchev–Trinajstić information content (AvgIpc) is 3.59. The van der Waals surface area contributed by atoms with Crippen LogP contribution in [0.1, 0.15) is 31.1 Å². The Kier molecular flexibility index (Phi) is 7.18. The van der Waals surface area contributed by atoms with E-state index in [0.717, 1.165) is 22.3 Å². The third-order valence-corrected chi connectivity index (χ3v) is 6.82. The highest BCUT2D eigenvalue weighted by atomic mass is 16.6. The smallest absolute Gasteiger partial charge is 0.410 e. The molecule has 1 aromatic carbocycles. The van der Waals surface area contributed by atoms with Crippen LogP contribution in [0, 0.1) is 0 Å². The van der Waals surface area contributed by atoms with E-state index in [9.17, 15) is 5.11 Å². The molecule has 0 aliphatic carbocycles. The molecule has 0 saturated heterocycles. The van der Waals surface area contributed by atoms with E-state index in [1.165, 1.54) is 0 Å². The summed E-state index contributed by atoms with van der Waals surface area (Å²) in [6, 6.07) is 18.6. The Balaban J connectivity index is 1.35. The van der Waals surface area contributed by atoms with Gasteiger partial charge in [-0.15, -0.1) is 0 Å². The number of anilines is 3. The molecule has 3 N–H and O–H groups in total. The maximum atomic E-state index is 10.3. The number of nitrogens with zero attached hydrogens (tertiary/aromatic N) is 5. The molecule has 5 aromatic rings. The molecule has 12 heteroatoms. The summed E-state index contributed by atoms with van der Waals surface area (Å²) in [6.07, 6.45) is 4.99. The molecule has 0 fully saturated rings. The highest BCUT2D eigenvalue weighted by Gasteiger charge is 2.43. The molecule has 206 valence electrons. The predicted molar refractivity (Wildman–Crippen MR) is 155 cm³/mol. The van der Waals surface area contributed by atoms with Gasteiger partial charge in [0, 0.05) is 42.8 Å². The first-order valence-electron chi connectivity index (χ1n) is 13.1. The second kappa shape index (κ2) is 11.1. The predicted octanol–water partition coefficient (Wildman–Crippen LogP) is 4.08. The molecule has 11 nitrogen and oxygen atoms in total. The SMILES string of the molecule is COB1OC(C)(C)c2nc(Nc3cc(N[C@H](CO)c4ccccc4)c(-c4nc(-c5cccnc5)no4)cn3)ccc21. The fourth-order valence-corrected chi connectivity index (χ4v) is 4.77. The van der Waals surface area contributed by atoms with Gasteiger partial charge in [0.1, 0.15) is 11.6 Å². The van der Waals surface area contributed by atoms with Crippen LogP contribution in [0.2, 0.25) is 0 Å². The molecule has 0 amide bonds. The number of nitrogens with one attached hydrogen (secondary N) is 2. The summed E-state index contributed by atoms with van der Waals surface area (Å²) in [4.78, 5) is 18.1. The van der Waals surface area contributed by atoms with Crippen molar-refractivity contribution in [1.29, 1.82) is 0 Å². The van der Waals surface area contributed by atoms with Crippen molar-refractivity contribution in [1.82, 2.24) is 25.1 Å². The average molecular weight is 549 g/mol. The zero-order valence-corrected chi connectivity index (χ0v) is 22.8. The van der Waals surface area contributed by atoms with Crippen molar-refractivity contribution in [2.75, 3.05) is 24.4 Å². The van der Waals surface area contributed by atoms with E-state index in [-0.39, 0.29) is 12.5 Å². The van der Waals surface area contributed by atoms with Crippen molar-refractivity contribution in [2.45, 2.75) is 25.5 Å². The summed E-state index contributed by atoms with van der Waals surface area (Å²) in [5, 5.41) is 21.1. The quantitative estimate of drug-likeness (QED) is 0.229. The molecule has 0 spiro atoms. The lowest BCUT2D eigenvalue weighted by atomic mass is 9.80. The number of hydrogen-bond acceptors (Lipinski definition) is 11. The van der Waals surface area contributed by atoms with Crippen molar-refractivity contribution in [3.63, 3.8) is 0 Å². The van der Waals surface area contributed by atoms with Crippen LogP contribution < -0.4 is 16.1 Å². The third-order valence-electron chi connectivity index (χ3n) is 6.82. The summed E-state index contributed by atoms with van der Waals surface area (Å²) in [6.45, 7) is 3.78. The summed E-state index contributed by atoms with van der Waals surface area (Å²) in [5.74, 6) is 1.81. The molecule has 6 rings (SSSR count). The van der Waals surface area contributed by atoms with Crippen LogP contribution in [0.25, 0.3) is 22.8 Å². The normalized spacial score (nSPS) is 14.5. The zero-order chi connectivity index (χ0) is 28.4. The Morgan fingerprint density at radius 3 is 2.63 bits per heavy atom. The molecule has 1 aliphatic heterocycles. The van der Waals surface area contributed by atoms with Gasteiger partial charge in [0.2, 0.25) is 5.82 Å². The topological polar surface area (TPSA) is 140 Å². The molecule has 0 saturated carbocycles. The van der Waals surface area contributed by atoms with Crippen molar-refractivity contribution < 1.29 is 18.9 Å². The molecule has 1 aliphatic rings. The summed E-state index contributed by atoms with van der Waals surface area (Å²) in [7, 11) is 1.15. The Morgan fingerprint density at radius 2 is 1.88 bits per heavy atom. The minimum atomic E-state index is -0.605. The molecule has 0 unspecified atom stereocenters. The van der Waals surface area contributed by atoms with Gasteiger partial charge in [-0.2, -0.15) is 4.98 Å². The monoisotopic (exact) mass is 549 g/mol. The van der Waals surface area contributed by atoms with E-state index >= 15 is 0 Å². The van der Waals surface area contributed by atoms with Gasteiger partial charge in [-0.3, -0.25) is 4.98 Å². The van der Waals surface area contributed by atoms with Crippen LogP contribution in [0.5, 0.6) is 0 Å². The maximum absolute atomic E-state index is 10.3. The first kappa shape index (κ1) is 26.6. The second-order valence-corrected chi connectivity index (χ2v) is 10.0. The molecular weight excluding hydrogens is 521 g/mol. The summed E-state index contributed by atoms with van der Waals surface area (Å²) >= 11 is 0. The van der Waals surface area contributed by atoms with Crippen molar-refractivity contribution in [3.8, 4) is 22.8 Å². The highest BCUT2D eigenvalue weighted by Crippen LogP contribution is 2.34. The fraction of sp³-hybridized carbons (Fsp3) is 0.207. The van der Waals surface area contributed by atoms with Crippen molar-refractivity contribution in [3.05, 3.63) is 90.5 Å². The second-order valence-electron chi connectivity index (χ2n) is 10.0. The van der Waals surface area contributed by atoms with Gasteiger partial charge in [-0.25, -0.2) is 9.97 Å². The van der Waals surface area contributed by atoms with Crippen molar-refractivity contribution in [2.24, 2.45) is 0 Å². The number of aromatic nitrogens is 5. The summed E-state index contributed by atoms with van der Waals surface area (Å²) in [5.41, 5.74) is 3.94. The molecule has 0 radical (unpaired) electrons. The van der Waals surface area contributed by atoms with Gasteiger partial charge in [-0.05, 0) is 37.6 Å². The van der Waals surface area contributed by atoms with Gasteiger partial charge < -0.3 is 29.6 Å². The number of rotatable bonds is 9. The Hall–Kier alpha value is -4.65. The number of hydrogen-bond donors (Lipinski definition) is 3. The standard InChI is InChI=1S/C29H28BN7O4/c1-29(2)26-21(30(39-3)41-29)11-12-24(35-26)34-25-14-22(33-23(17-38)18-8-5-4-6-9-18)20(16-32-25)28-36-27(37-40-28)19-10-7-13-31-15-19/h4-16,23,38H,17H2,1-3H3,(H2,32,33,34,35)/t23-/m1/s1. The molecule has 0 bridgehead atoms. The van der Waals surface area contributed by atoms with E-state index in [2.05, 4.69) is 30.7 Å². The lowest BCUT2D eigenvalue weighted by Crippen LogP contribution is -2.31. The number of aliphatic hydroxyl groups is 1. The number of fused-ring (bicyclic) bond motifs is 1. The third kappa shape index (κ3) is 5.40. The first-order valence-corrected chi connectivity index (χ1v) is 13.1. The Labute approximate surface area is 237 Å². The van der Waals surface area contributed by atoms with Gasteiger partial charge >= 0.3 is 7.12 Å². The van der Waals surface area contributed by atoms with Gasteiger partial charge in [0.15, 0.2) is 0 Å². The van der Waals surface area contributed by atoms with Crippen LogP contribution in [-0.4, -0.2) is 51.0 Å². The van der Waals surface area contributed by atoms with Crippen LogP contribution in [0.15, 0.2) is 83.8 Å². The van der Waals surface area contributed by atoms with Crippen LogP contribution in [-0.2, 0) is 14.9 Å². The minimum Gasteiger partial charge on any atom is -0.410 e. The Bertz CT molecular complexity index is 1650. The number of pyridine rings is 3. The maximum Gasteiger partial charge on any atom is 0.496 e. The van der Waals surface area contributed by atoms with Crippen molar-refractivity contribution >= 4 is 29.9 Å². The lowest BCUT2D eigenvalue weighted by Gasteiger charge is -2.21. The fourth-order valence-electron chi connectivity index (χ4n) is 4.77. The van der Waals surface area contributed by atoms with Gasteiger partial charge in [0.25, 0.3) is 5.89 Å². The van der Waals surface area contributed by atoms with E-state index < -0.39 is 18.8 Å². The van der Waals surface area contributed by atoms with E-state index in [1.807, 2.05) is 74.5 Å². The van der Waals surface area contributed by atoms with Gasteiger partial charge in [-0.1, -0.05) is 41.6 Å². The largest absolute Gasteiger partial charge is 0.496 e. The van der Waals surface area contributed by atoms with E-state index in [0.29, 0.717) is 28.7 Å². The minimum absolute atomic E-state index is 0.137. The lowest BCUT2D eigenvalue weighted by molar-refractivity contribution is 0.0895. The number of benzene rings is 1.